The van der Waals surface area contributed by atoms with Crippen molar-refractivity contribution in [1.29, 1.82) is 0 Å². The number of carbonyl (C=O) groups is 1. The molecule has 0 aromatic heterocycles. The monoisotopic (exact) mass is 567 g/mol. The summed E-state index contributed by atoms with van der Waals surface area (Å²) >= 11 is 0. The van der Waals surface area contributed by atoms with Crippen LogP contribution in [-0.4, -0.2) is 55.6 Å². The smallest absolute Gasteiger partial charge is 0.305 e. The zero-order valence-electron chi connectivity index (χ0n) is 25.7. The maximum absolute atomic E-state index is 11.8. The van der Waals surface area contributed by atoms with Crippen LogP contribution < -0.4 is 0 Å². The standard InChI is InChI=1S/C35H53NO5/c1-4-6-7-8-18-25-41-35(36(3)24-17-11-16-23-34(37)38-5-2)27-32(39-28-30-19-12-9-13-20-30)26-33(35)40-29-31-21-14-10-15-22-31/h9-10,12-15,19-22,32-33H,4-8,11,16-18,23-29H2,1-3H3/t32-,33+,35-/m0/s1. The van der Waals surface area contributed by atoms with E-state index in [4.69, 9.17) is 18.9 Å². The normalized spacial score (nSPS) is 20.5. The fourth-order valence-corrected chi connectivity index (χ4v) is 5.68. The first-order valence-electron chi connectivity index (χ1n) is 15.9. The van der Waals surface area contributed by atoms with Crippen LogP contribution in [0.1, 0.15) is 95.6 Å². The van der Waals surface area contributed by atoms with Crippen LogP contribution in [0.15, 0.2) is 60.7 Å². The molecule has 0 radical (unpaired) electrons. The minimum Gasteiger partial charge on any atom is -0.466 e. The number of esters is 1. The fraction of sp³-hybridized carbons (Fsp3) is 0.629. The summed E-state index contributed by atoms with van der Waals surface area (Å²) in [6, 6.07) is 20.7. The Morgan fingerprint density at radius 2 is 1.46 bits per heavy atom. The van der Waals surface area contributed by atoms with Gasteiger partial charge in [0, 0.05) is 32.4 Å². The van der Waals surface area contributed by atoms with E-state index in [-0.39, 0.29) is 18.2 Å². The number of ether oxygens (including phenoxy) is 4. The molecular weight excluding hydrogens is 514 g/mol. The molecule has 0 aliphatic heterocycles. The molecule has 0 unspecified atom stereocenters. The molecule has 6 nitrogen and oxygen atoms in total. The van der Waals surface area contributed by atoms with Gasteiger partial charge in [-0.15, -0.1) is 0 Å². The van der Waals surface area contributed by atoms with Crippen LogP contribution >= 0.6 is 0 Å². The van der Waals surface area contributed by atoms with Gasteiger partial charge in [-0.2, -0.15) is 0 Å². The molecule has 1 aliphatic rings. The highest BCUT2D eigenvalue weighted by atomic mass is 16.6. The van der Waals surface area contributed by atoms with Gasteiger partial charge < -0.3 is 18.9 Å². The van der Waals surface area contributed by atoms with Gasteiger partial charge in [0.1, 0.15) is 11.8 Å². The lowest BCUT2D eigenvalue weighted by Gasteiger charge is -2.43. The van der Waals surface area contributed by atoms with Crippen molar-refractivity contribution in [3.05, 3.63) is 71.8 Å². The minimum absolute atomic E-state index is 0.0438. The summed E-state index contributed by atoms with van der Waals surface area (Å²) in [6.07, 6.45) is 10.8. The van der Waals surface area contributed by atoms with E-state index < -0.39 is 5.72 Å². The second-order valence-electron chi connectivity index (χ2n) is 11.3. The predicted molar refractivity (Wildman–Crippen MR) is 164 cm³/mol. The highest BCUT2D eigenvalue weighted by Gasteiger charge is 2.52. The molecule has 0 N–H and O–H groups in total. The van der Waals surface area contributed by atoms with Gasteiger partial charge in [-0.05, 0) is 44.4 Å². The molecule has 2 aromatic carbocycles. The Morgan fingerprint density at radius 1 is 0.829 bits per heavy atom. The van der Waals surface area contributed by atoms with Crippen molar-refractivity contribution in [2.75, 3.05) is 26.8 Å². The fourth-order valence-electron chi connectivity index (χ4n) is 5.68. The molecular formula is C35H53NO5. The number of hydrogen-bond donors (Lipinski definition) is 0. The zero-order valence-corrected chi connectivity index (χ0v) is 25.7. The molecule has 1 fully saturated rings. The molecule has 1 saturated carbocycles. The van der Waals surface area contributed by atoms with Crippen LogP contribution in [0.5, 0.6) is 0 Å². The highest BCUT2D eigenvalue weighted by Crippen LogP contribution is 2.41. The molecule has 1 aliphatic carbocycles. The maximum Gasteiger partial charge on any atom is 0.305 e. The maximum atomic E-state index is 11.8. The second-order valence-corrected chi connectivity index (χ2v) is 11.3. The number of nitrogens with zero attached hydrogens (tertiary/aromatic N) is 1. The summed E-state index contributed by atoms with van der Waals surface area (Å²) in [5, 5.41) is 0. The first-order chi connectivity index (χ1) is 20.1. The Hall–Kier alpha value is -2.25. The van der Waals surface area contributed by atoms with E-state index in [1.807, 2.05) is 19.1 Å². The molecule has 228 valence electrons. The Balaban J connectivity index is 1.69. The Kier molecular flexibility index (Phi) is 15.4. The lowest BCUT2D eigenvalue weighted by molar-refractivity contribution is -0.211. The van der Waals surface area contributed by atoms with Gasteiger partial charge in [0.25, 0.3) is 0 Å². The van der Waals surface area contributed by atoms with Gasteiger partial charge in [-0.25, -0.2) is 0 Å². The van der Waals surface area contributed by atoms with E-state index >= 15 is 0 Å². The molecule has 3 atom stereocenters. The molecule has 2 aromatic rings. The third-order valence-corrected chi connectivity index (χ3v) is 8.05. The molecule has 0 amide bonds. The van der Waals surface area contributed by atoms with E-state index in [1.165, 1.54) is 31.2 Å². The van der Waals surface area contributed by atoms with Crippen LogP contribution in [0.3, 0.4) is 0 Å². The van der Waals surface area contributed by atoms with Crippen LogP contribution in [0, 0.1) is 0 Å². The average molecular weight is 568 g/mol. The van der Waals surface area contributed by atoms with Crippen LogP contribution in [0.2, 0.25) is 0 Å². The molecule has 0 spiro atoms. The largest absolute Gasteiger partial charge is 0.466 e. The summed E-state index contributed by atoms with van der Waals surface area (Å²) in [6.45, 7) is 7.26. The number of carbonyl (C=O) groups excluding carboxylic acids is 1. The summed E-state index contributed by atoms with van der Waals surface area (Å²) in [4.78, 5) is 14.1. The summed E-state index contributed by atoms with van der Waals surface area (Å²) < 4.78 is 25.2. The first kappa shape index (κ1) is 33.3. The van der Waals surface area contributed by atoms with E-state index in [2.05, 4.69) is 67.4 Å². The lowest BCUT2D eigenvalue weighted by Crippen LogP contribution is -2.55. The Morgan fingerprint density at radius 3 is 2.12 bits per heavy atom. The third-order valence-electron chi connectivity index (χ3n) is 8.05. The summed E-state index contributed by atoms with van der Waals surface area (Å²) in [7, 11) is 2.17. The van der Waals surface area contributed by atoms with E-state index in [9.17, 15) is 4.79 Å². The number of benzene rings is 2. The zero-order chi connectivity index (χ0) is 29.2. The van der Waals surface area contributed by atoms with Crippen LogP contribution in [0.25, 0.3) is 0 Å². The summed E-state index contributed by atoms with van der Waals surface area (Å²) in [5.41, 5.74) is 1.79. The van der Waals surface area contributed by atoms with E-state index in [1.54, 1.807) is 0 Å². The van der Waals surface area contributed by atoms with Crippen molar-refractivity contribution in [3.63, 3.8) is 0 Å². The van der Waals surface area contributed by atoms with Crippen molar-refractivity contribution in [2.45, 2.75) is 116 Å². The molecule has 0 saturated heterocycles. The SMILES string of the molecule is CCCCCCCO[C@@]1(N(C)CCCCCC(=O)OCC)C[C@@H](OCc2ccccc2)C[C@H]1OCc1ccccc1. The quantitative estimate of drug-likeness (QED) is 0.0876. The van der Waals surface area contributed by atoms with Gasteiger partial charge in [0.2, 0.25) is 0 Å². The van der Waals surface area contributed by atoms with Gasteiger partial charge in [-0.1, -0.05) is 99.7 Å². The van der Waals surface area contributed by atoms with Crippen molar-refractivity contribution >= 4 is 5.97 Å². The van der Waals surface area contributed by atoms with Gasteiger partial charge >= 0.3 is 5.97 Å². The Labute approximate surface area is 248 Å². The number of unbranched alkanes of at least 4 members (excludes halogenated alkanes) is 6. The first-order valence-corrected chi connectivity index (χ1v) is 15.9. The minimum atomic E-state index is -0.554. The molecule has 41 heavy (non-hydrogen) atoms. The number of rotatable bonds is 21. The van der Waals surface area contributed by atoms with Gasteiger partial charge in [-0.3, -0.25) is 9.69 Å². The molecule has 0 heterocycles. The number of hydrogen-bond acceptors (Lipinski definition) is 6. The molecule has 6 heteroatoms. The van der Waals surface area contributed by atoms with Crippen LogP contribution in [0.4, 0.5) is 0 Å². The number of likely N-dealkylation sites (N-methyl/N-ethyl adjacent to an activating group) is 1. The predicted octanol–water partition coefficient (Wildman–Crippen LogP) is 7.69. The third kappa shape index (κ3) is 11.5. The lowest BCUT2D eigenvalue weighted by atomic mass is 10.1. The van der Waals surface area contributed by atoms with Crippen LogP contribution in [-0.2, 0) is 37.0 Å². The van der Waals surface area contributed by atoms with Gasteiger partial charge in [0.15, 0.2) is 0 Å². The topological polar surface area (TPSA) is 57.2 Å². The van der Waals surface area contributed by atoms with Crippen molar-refractivity contribution in [3.8, 4) is 0 Å². The van der Waals surface area contributed by atoms with Crippen molar-refractivity contribution < 1.29 is 23.7 Å². The van der Waals surface area contributed by atoms with Gasteiger partial charge in [0.05, 0.1) is 25.9 Å². The molecule has 3 rings (SSSR count). The van der Waals surface area contributed by atoms with E-state index in [0.717, 1.165) is 50.6 Å². The second kappa shape index (κ2) is 19.0. The van der Waals surface area contributed by atoms with Crippen molar-refractivity contribution in [1.82, 2.24) is 4.90 Å². The van der Waals surface area contributed by atoms with Crippen molar-refractivity contribution in [2.24, 2.45) is 0 Å². The Bertz CT molecular complexity index is 956. The van der Waals surface area contributed by atoms with E-state index in [0.29, 0.717) is 32.8 Å². The molecule has 0 bridgehead atoms. The highest BCUT2D eigenvalue weighted by molar-refractivity contribution is 5.69. The average Bonchev–Trinajstić information content (AvgIpc) is 3.36. The summed E-state index contributed by atoms with van der Waals surface area (Å²) in [5.74, 6) is -0.104.